The second-order valence-corrected chi connectivity index (χ2v) is 3.95. The lowest BCUT2D eigenvalue weighted by Gasteiger charge is -2.09. The van der Waals surface area contributed by atoms with Gasteiger partial charge in [-0.3, -0.25) is 4.79 Å². The maximum atomic E-state index is 10.0. The number of carbonyl (C=O) groups is 1. The first-order valence-electron chi connectivity index (χ1n) is 5.73. The summed E-state index contributed by atoms with van der Waals surface area (Å²) in [5, 5.41) is 0. The molecule has 1 aliphatic rings. The highest BCUT2D eigenvalue weighted by Crippen LogP contribution is 2.19. The van der Waals surface area contributed by atoms with Gasteiger partial charge in [0.1, 0.15) is 6.29 Å². The van der Waals surface area contributed by atoms with Crippen LogP contribution in [-0.4, -0.2) is 12.3 Å². The van der Waals surface area contributed by atoms with Crippen molar-refractivity contribution in [3.05, 3.63) is 47.3 Å². The fourth-order valence-electron chi connectivity index (χ4n) is 1.74. The van der Waals surface area contributed by atoms with Crippen LogP contribution in [0.15, 0.2) is 30.3 Å². The number of hydrogen-bond donors (Lipinski definition) is 0. The number of aldehydes is 1. The molecule has 16 heavy (non-hydrogen) atoms. The summed E-state index contributed by atoms with van der Waals surface area (Å²) in [6.07, 6.45) is 7.07. The van der Waals surface area contributed by atoms with Gasteiger partial charge in [-0.25, -0.2) is 6.57 Å². The van der Waals surface area contributed by atoms with Crippen LogP contribution in [0.2, 0.25) is 0 Å². The fourth-order valence-corrected chi connectivity index (χ4v) is 1.74. The average molecular weight is 215 g/mol. The summed E-state index contributed by atoms with van der Waals surface area (Å²) in [7, 11) is 0. The molecule has 2 rings (SSSR count). The minimum absolute atomic E-state index is 0.378. The molecule has 0 amide bonds. The zero-order valence-corrected chi connectivity index (χ0v) is 9.43. The van der Waals surface area contributed by atoms with E-state index in [9.17, 15) is 4.79 Å². The highest BCUT2D eigenvalue weighted by molar-refractivity contribution is 5.74. The number of benzene rings is 1. The van der Waals surface area contributed by atoms with Crippen LogP contribution in [0, 0.1) is 6.57 Å². The summed E-state index contributed by atoms with van der Waals surface area (Å²) in [5.74, 6) is 0. The Balaban J connectivity index is 0.000000160. The van der Waals surface area contributed by atoms with Gasteiger partial charge in [-0.2, -0.15) is 0 Å². The minimum atomic E-state index is 0.378. The van der Waals surface area contributed by atoms with Crippen LogP contribution >= 0.6 is 0 Å². The van der Waals surface area contributed by atoms with E-state index in [2.05, 4.69) is 4.85 Å². The lowest BCUT2D eigenvalue weighted by molar-refractivity contribution is 0.112. The van der Waals surface area contributed by atoms with E-state index in [1.54, 1.807) is 12.1 Å². The SMILES string of the molecule is O=Cc1ccccc1.[C-]#[N+]C1CCCCC1. The van der Waals surface area contributed by atoms with E-state index in [-0.39, 0.29) is 0 Å². The Morgan fingerprint density at radius 3 is 2.12 bits per heavy atom. The molecule has 0 aliphatic heterocycles. The molecule has 0 unspecified atom stereocenters. The third-order valence-electron chi connectivity index (χ3n) is 2.69. The summed E-state index contributed by atoms with van der Waals surface area (Å²) < 4.78 is 0. The predicted octanol–water partition coefficient (Wildman–Crippen LogP) is 3.74. The third-order valence-corrected chi connectivity index (χ3v) is 2.69. The maximum Gasteiger partial charge on any atom is 0.223 e. The number of hydrogen-bond acceptors (Lipinski definition) is 1. The smallest absolute Gasteiger partial charge is 0.223 e. The molecule has 0 atom stereocenters. The van der Waals surface area contributed by atoms with Crippen LogP contribution in [0.3, 0.4) is 0 Å². The van der Waals surface area contributed by atoms with Crippen molar-refractivity contribution in [2.45, 2.75) is 38.1 Å². The van der Waals surface area contributed by atoms with E-state index >= 15 is 0 Å². The second kappa shape index (κ2) is 7.64. The van der Waals surface area contributed by atoms with E-state index in [0.717, 1.165) is 24.7 Å². The molecule has 2 heteroatoms. The van der Waals surface area contributed by atoms with Gasteiger partial charge in [-0.05, 0) is 12.8 Å². The zero-order valence-electron chi connectivity index (χ0n) is 9.43. The molecule has 0 aromatic heterocycles. The van der Waals surface area contributed by atoms with Gasteiger partial charge in [-0.1, -0.05) is 36.8 Å². The van der Waals surface area contributed by atoms with E-state index in [0.29, 0.717) is 6.04 Å². The number of rotatable bonds is 1. The van der Waals surface area contributed by atoms with Gasteiger partial charge in [0.15, 0.2) is 0 Å². The summed E-state index contributed by atoms with van der Waals surface area (Å²) in [5.41, 5.74) is 0.729. The van der Waals surface area contributed by atoms with Crippen molar-refractivity contribution in [1.82, 2.24) is 0 Å². The molecule has 0 radical (unpaired) electrons. The highest BCUT2D eigenvalue weighted by Gasteiger charge is 2.15. The van der Waals surface area contributed by atoms with E-state index in [1.165, 1.54) is 19.3 Å². The van der Waals surface area contributed by atoms with Crippen molar-refractivity contribution >= 4 is 6.29 Å². The lowest BCUT2D eigenvalue weighted by atomic mass is 9.96. The predicted molar refractivity (Wildman–Crippen MR) is 65.3 cm³/mol. The van der Waals surface area contributed by atoms with Crippen LogP contribution < -0.4 is 0 Å². The van der Waals surface area contributed by atoms with E-state index in [4.69, 9.17) is 6.57 Å². The molecule has 1 aliphatic carbocycles. The van der Waals surface area contributed by atoms with Crippen molar-refractivity contribution in [1.29, 1.82) is 0 Å². The Morgan fingerprint density at radius 2 is 1.75 bits per heavy atom. The summed E-state index contributed by atoms with van der Waals surface area (Å²) >= 11 is 0. The van der Waals surface area contributed by atoms with Crippen LogP contribution in [0.1, 0.15) is 42.5 Å². The Morgan fingerprint density at radius 1 is 1.12 bits per heavy atom. The lowest BCUT2D eigenvalue weighted by Crippen LogP contribution is -2.06. The second-order valence-electron chi connectivity index (χ2n) is 3.95. The molecule has 84 valence electrons. The molecule has 1 saturated carbocycles. The zero-order chi connectivity index (χ0) is 11.6. The van der Waals surface area contributed by atoms with Crippen LogP contribution in [-0.2, 0) is 0 Å². The Kier molecular flexibility index (Phi) is 5.95. The molecule has 1 aromatic rings. The van der Waals surface area contributed by atoms with Crippen molar-refractivity contribution in [3.8, 4) is 0 Å². The van der Waals surface area contributed by atoms with Crippen molar-refractivity contribution in [3.63, 3.8) is 0 Å². The molecule has 0 bridgehead atoms. The Labute approximate surface area is 97.1 Å². The first-order valence-corrected chi connectivity index (χ1v) is 5.73. The molecular weight excluding hydrogens is 198 g/mol. The monoisotopic (exact) mass is 215 g/mol. The van der Waals surface area contributed by atoms with Crippen LogP contribution in [0.4, 0.5) is 0 Å². The van der Waals surface area contributed by atoms with Gasteiger partial charge >= 0.3 is 0 Å². The fraction of sp³-hybridized carbons (Fsp3) is 0.429. The van der Waals surface area contributed by atoms with Crippen LogP contribution in [0.25, 0.3) is 4.85 Å². The molecular formula is C14H17NO. The van der Waals surface area contributed by atoms with Gasteiger partial charge in [0.2, 0.25) is 6.04 Å². The van der Waals surface area contributed by atoms with Gasteiger partial charge in [0, 0.05) is 18.4 Å². The summed E-state index contributed by atoms with van der Waals surface area (Å²) in [6, 6.07) is 9.48. The number of nitrogens with zero attached hydrogens (tertiary/aromatic N) is 1. The topological polar surface area (TPSA) is 21.4 Å². The molecule has 1 aromatic carbocycles. The molecule has 0 saturated heterocycles. The first-order chi connectivity index (χ1) is 7.86. The largest absolute Gasteiger partial charge is 0.314 e. The van der Waals surface area contributed by atoms with Gasteiger partial charge < -0.3 is 4.85 Å². The van der Waals surface area contributed by atoms with Gasteiger partial charge in [0.25, 0.3) is 0 Å². The first kappa shape index (κ1) is 12.4. The average Bonchev–Trinajstić information content (AvgIpc) is 2.41. The third kappa shape index (κ3) is 4.75. The van der Waals surface area contributed by atoms with Crippen molar-refractivity contribution < 1.29 is 4.79 Å². The summed E-state index contributed by atoms with van der Waals surface area (Å²) in [4.78, 5) is 13.5. The molecule has 1 fully saturated rings. The van der Waals surface area contributed by atoms with E-state index in [1.807, 2.05) is 18.2 Å². The number of carbonyl (C=O) groups excluding carboxylic acids is 1. The van der Waals surface area contributed by atoms with Crippen molar-refractivity contribution in [2.75, 3.05) is 0 Å². The van der Waals surface area contributed by atoms with Gasteiger partial charge in [-0.15, -0.1) is 0 Å². The van der Waals surface area contributed by atoms with E-state index < -0.39 is 0 Å². The molecule has 2 nitrogen and oxygen atoms in total. The minimum Gasteiger partial charge on any atom is -0.314 e. The highest BCUT2D eigenvalue weighted by atomic mass is 16.1. The van der Waals surface area contributed by atoms with Gasteiger partial charge in [0.05, 0.1) is 0 Å². The molecule has 0 N–H and O–H groups in total. The quantitative estimate of drug-likeness (QED) is 0.516. The molecule has 0 heterocycles. The standard InChI is InChI=1S/C7H11N.C7H6O/c1-8-7-5-3-2-4-6-7;8-6-7-4-2-1-3-5-7/h7H,2-6H2;1-6H. The van der Waals surface area contributed by atoms with Crippen molar-refractivity contribution in [2.24, 2.45) is 0 Å². The summed E-state index contributed by atoms with van der Waals surface area (Å²) in [6.45, 7) is 6.72. The Bertz CT molecular complexity index is 334. The Hall–Kier alpha value is -1.62. The normalized spacial score (nSPS) is 15.4. The maximum absolute atomic E-state index is 10.0. The van der Waals surface area contributed by atoms with Crippen LogP contribution in [0.5, 0.6) is 0 Å². The molecule has 0 spiro atoms.